The third kappa shape index (κ3) is 2.79. The van der Waals surface area contributed by atoms with E-state index < -0.39 is 10.0 Å². The fourth-order valence-electron chi connectivity index (χ4n) is 0.781. The highest BCUT2D eigenvalue weighted by molar-refractivity contribution is 7.89. The van der Waals surface area contributed by atoms with Crippen molar-refractivity contribution in [1.29, 1.82) is 0 Å². The highest BCUT2D eigenvalue weighted by atomic mass is 32.2. The minimum absolute atomic E-state index is 0.0867. The van der Waals surface area contributed by atoms with Crippen LogP contribution in [0.3, 0.4) is 0 Å². The van der Waals surface area contributed by atoms with Crippen molar-refractivity contribution < 1.29 is 8.42 Å². The summed E-state index contributed by atoms with van der Waals surface area (Å²) in [4.78, 5) is 0. The number of rotatable bonds is 5. The third-order valence-corrected chi connectivity index (χ3v) is 2.82. The van der Waals surface area contributed by atoms with Crippen molar-refractivity contribution in [2.45, 2.75) is 5.03 Å². The lowest BCUT2D eigenvalue weighted by atomic mass is 10.7. The molecule has 0 spiro atoms. The minimum atomic E-state index is -3.40. The Bertz CT molecular complexity index is 332. The molecule has 0 aromatic carbocycles. The van der Waals surface area contributed by atoms with Crippen LogP contribution in [-0.4, -0.2) is 38.8 Å². The monoisotopic (exact) mass is 204 g/mol. The maximum absolute atomic E-state index is 11.4. The molecule has 74 valence electrons. The number of aromatic nitrogens is 2. The van der Waals surface area contributed by atoms with Gasteiger partial charge in [-0.25, -0.2) is 13.1 Å². The molecule has 0 saturated heterocycles. The first kappa shape index (κ1) is 10.2. The van der Waals surface area contributed by atoms with Crippen LogP contribution >= 0.6 is 0 Å². The summed E-state index contributed by atoms with van der Waals surface area (Å²) in [6.07, 6.45) is 1.40. The van der Waals surface area contributed by atoms with Gasteiger partial charge >= 0.3 is 0 Å². The molecule has 1 rings (SSSR count). The number of aromatic amines is 1. The topological polar surface area (TPSA) is 86.9 Å². The Balaban J connectivity index is 2.58. The van der Waals surface area contributed by atoms with Gasteiger partial charge in [-0.2, -0.15) is 5.10 Å². The van der Waals surface area contributed by atoms with E-state index in [-0.39, 0.29) is 5.03 Å². The van der Waals surface area contributed by atoms with Crippen molar-refractivity contribution in [1.82, 2.24) is 20.2 Å². The molecular weight excluding hydrogens is 192 g/mol. The van der Waals surface area contributed by atoms with Gasteiger partial charge in [0.2, 0.25) is 0 Å². The zero-order valence-corrected chi connectivity index (χ0v) is 8.06. The Morgan fingerprint density at radius 1 is 1.54 bits per heavy atom. The number of likely N-dealkylation sites (N-methyl/N-ethyl adjacent to an activating group) is 1. The lowest BCUT2D eigenvalue weighted by molar-refractivity contribution is 0.575. The highest BCUT2D eigenvalue weighted by Crippen LogP contribution is 2.00. The number of nitrogens with zero attached hydrogens (tertiary/aromatic N) is 1. The predicted octanol–water partition coefficient (Wildman–Crippen LogP) is -1.09. The third-order valence-electron chi connectivity index (χ3n) is 1.43. The standard InChI is InChI=1S/C6H12N4O2S/c1-7-4-5-9-13(11,12)6-2-3-8-10-6/h2-3,7,9H,4-5H2,1H3,(H,8,10). The van der Waals surface area contributed by atoms with Crippen LogP contribution in [0.4, 0.5) is 0 Å². The first-order valence-electron chi connectivity index (χ1n) is 3.80. The van der Waals surface area contributed by atoms with Crippen molar-refractivity contribution >= 4 is 10.0 Å². The van der Waals surface area contributed by atoms with Crippen molar-refractivity contribution in [3.63, 3.8) is 0 Å². The summed E-state index contributed by atoms with van der Waals surface area (Å²) in [6.45, 7) is 0.950. The van der Waals surface area contributed by atoms with Gasteiger partial charge in [-0.05, 0) is 13.1 Å². The van der Waals surface area contributed by atoms with Gasteiger partial charge in [-0.1, -0.05) is 0 Å². The molecule has 1 aromatic rings. The van der Waals surface area contributed by atoms with Gasteiger partial charge in [0.05, 0.1) is 6.20 Å². The molecule has 0 aliphatic carbocycles. The SMILES string of the molecule is CNCCNS(=O)(=O)c1ccn[nH]1. The molecule has 0 fully saturated rings. The number of hydrogen-bond donors (Lipinski definition) is 3. The van der Waals surface area contributed by atoms with Crippen LogP contribution < -0.4 is 10.0 Å². The molecule has 1 aromatic heterocycles. The van der Waals surface area contributed by atoms with Crippen LogP contribution in [0, 0.1) is 0 Å². The van der Waals surface area contributed by atoms with E-state index in [1.807, 2.05) is 0 Å². The van der Waals surface area contributed by atoms with E-state index in [1.165, 1.54) is 12.3 Å². The second-order valence-corrected chi connectivity index (χ2v) is 4.16. The normalized spacial score (nSPS) is 11.8. The van der Waals surface area contributed by atoms with Crippen molar-refractivity contribution in [2.24, 2.45) is 0 Å². The zero-order valence-electron chi connectivity index (χ0n) is 7.24. The van der Waals surface area contributed by atoms with Gasteiger partial charge in [0.1, 0.15) is 0 Å². The largest absolute Gasteiger partial charge is 0.318 e. The number of nitrogens with one attached hydrogen (secondary N) is 3. The summed E-state index contributed by atoms with van der Waals surface area (Å²) in [5.41, 5.74) is 0. The van der Waals surface area contributed by atoms with E-state index in [2.05, 4.69) is 20.2 Å². The molecule has 0 aliphatic heterocycles. The maximum atomic E-state index is 11.4. The van der Waals surface area contributed by atoms with Crippen LogP contribution in [0.15, 0.2) is 17.3 Å². The molecule has 0 aliphatic rings. The fourth-order valence-corrected chi connectivity index (χ4v) is 1.72. The number of hydrogen-bond acceptors (Lipinski definition) is 4. The van der Waals surface area contributed by atoms with E-state index in [4.69, 9.17) is 0 Å². The summed E-state index contributed by atoms with van der Waals surface area (Å²) in [6, 6.07) is 1.40. The Labute approximate surface area is 76.8 Å². The first-order valence-corrected chi connectivity index (χ1v) is 5.29. The van der Waals surface area contributed by atoms with Gasteiger partial charge in [-0.3, -0.25) is 5.10 Å². The minimum Gasteiger partial charge on any atom is -0.318 e. The van der Waals surface area contributed by atoms with Crippen LogP contribution in [0.5, 0.6) is 0 Å². The van der Waals surface area contributed by atoms with E-state index in [0.29, 0.717) is 13.1 Å². The molecule has 1 heterocycles. The van der Waals surface area contributed by atoms with E-state index in [1.54, 1.807) is 7.05 Å². The maximum Gasteiger partial charge on any atom is 0.257 e. The smallest absolute Gasteiger partial charge is 0.257 e. The molecule has 3 N–H and O–H groups in total. The fraction of sp³-hybridized carbons (Fsp3) is 0.500. The van der Waals surface area contributed by atoms with Gasteiger partial charge in [-0.15, -0.1) is 0 Å². The molecule has 0 amide bonds. The molecule has 6 nitrogen and oxygen atoms in total. The molecule has 0 unspecified atom stereocenters. The Hall–Kier alpha value is -0.920. The summed E-state index contributed by atoms with van der Waals surface area (Å²) < 4.78 is 25.1. The lowest BCUT2D eigenvalue weighted by Gasteiger charge is -2.02. The van der Waals surface area contributed by atoms with Crippen molar-refractivity contribution in [3.8, 4) is 0 Å². The van der Waals surface area contributed by atoms with Crippen LogP contribution in [0.2, 0.25) is 0 Å². The second-order valence-electron chi connectivity index (χ2n) is 2.42. The summed E-state index contributed by atoms with van der Waals surface area (Å²) in [5.74, 6) is 0. The molecule has 0 atom stereocenters. The molecular formula is C6H12N4O2S. The average Bonchev–Trinajstić information content (AvgIpc) is 2.56. The van der Waals surface area contributed by atoms with Crippen molar-refractivity contribution in [3.05, 3.63) is 12.3 Å². The number of sulfonamides is 1. The Morgan fingerprint density at radius 2 is 2.31 bits per heavy atom. The molecule has 0 bridgehead atoms. The van der Waals surface area contributed by atoms with E-state index in [0.717, 1.165) is 0 Å². The predicted molar refractivity (Wildman–Crippen MR) is 47.7 cm³/mol. The van der Waals surface area contributed by atoms with Crippen LogP contribution in [0.1, 0.15) is 0 Å². The molecule has 0 saturated carbocycles. The van der Waals surface area contributed by atoms with E-state index in [9.17, 15) is 8.42 Å². The van der Waals surface area contributed by atoms with Gasteiger partial charge in [0.15, 0.2) is 5.03 Å². The molecule has 7 heteroatoms. The zero-order chi connectivity index (χ0) is 9.73. The Kier molecular flexibility index (Phi) is 3.40. The molecule has 13 heavy (non-hydrogen) atoms. The van der Waals surface area contributed by atoms with Crippen LogP contribution in [-0.2, 0) is 10.0 Å². The van der Waals surface area contributed by atoms with Crippen LogP contribution in [0.25, 0.3) is 0 Å². The Morgan fingerprint density at radius 3 is 2.85 bits per heavy atom. The average molecular weight is 204 g/mol. The van der Waals surface area contributed by atoms with Crippen molar-refractivity contribution in [2.75, 3.05) is 20.1 Å². The second kappa shape index (κ2) is 4.35. The van der Waals surface area contributed by atoms with Gasteiger partial charge in [0, 0.05) is 13.1 Å². The summed E-state index contributed by atoms with van der Waals surface area (Å²) in [7, 11) is -1.64. The van der Waals surface area contributed by atoms with Gasteiger partial charge < -0.3 is 5.32 Å². The summed E-state index contributed by atoms with van der Waals surface area (Å²) >= 11 is 0. The number of H-pyrrole nitrogens is 1. The lowest BCUT2D eigenvalue weighted by Crippen LogP contribution is -2.30. The van der Waals surface area contributed by atoms with E-state index >= 15 is 0 Å². The summed E-state index contributed by atoms with van der Waals surface area (Å²) in [5, 5.41) is 8.86. The quantitative estimate of drug-likeness (QED) is 0.532. The molecule has 0 radical (unpaired) electrons. The highest BCUT2D eigenvalue weighted by Gasteiger charge is 2.13. The van der Waals surface area contributed by atoms with Gasteiger partial charge in [0.25, 0.3) is 10.0 Å². The first-order chi connectivity index (χ1) is 6.17.